The first-order valence-electron chi connectivity index (χ1n) is 5.80. The molecule has 2 rings (SSSR count). The molecule has 1 aromatic rings. The van der Waals surface area contributed by atoms with E-state index in [0.717, 1.165) is 0 Å². The van der Waals surface area contributed by atoms with Crippen molar-refractivity contribution in [2.75, 3.05) is 20.1 Å². The van der Waals surface area contributed by atoms with Gasteiger partial charge in [-0.15, -0.1) is 0 Å². The molecule has 0 radical (unpaired) electrons. The number of halogens is 5. The zero-order valence-electron chi connectivity index (χ0n) is 10.2. The number of rotatable bonds is 2. The Bertz CT molecular complexity index is 476. The number of nitrogens with zero attached hydrogens (tertiary/aromatic N) is 1. The third-order valence-electron chi connectivity index (χ3n) is 3.55. The molecule has 19 heavy (non-hydrogen) atoms. The van der Waals surface area contributed by atoms with Gasteiger partial charge in [0.05, 0.1) is 0 Å². The highest BCUT2D eigenvalue weighted by Crippen LogP contribution is 2.38. The summed E-state index contributed by atoms with van der Waals surface area (Å²) in [5.74, 6) is -9.48. The number of nitrogens with two attached hydrogens (primary N) is 1. The fourth-order valence-corrected chi connectivity index (χ4v) is 2.53. The monoisotopic (exact) mass is 280 g/mol. The lowest BCUT2D eigenvalue weighted by Gasteiger charge is -2.21. The van der Waals surface area contributed by atoms with Crippen LogP contribution in [0.5, 0.6) is 0 Å². The molecule has 2 nitrogen and oxygen atoms in total. The van der Waals surface area contributed by atoms with Crippen molar-refractivity contribution in [3.63, 3.8) is 0 Å². The summed E-state index contributed by atoms with van der Waals surface area (Å²) in [7, 11) is 1.57. The van der Waals surface area contributed by atoms with E-state index in [0.29, 0.717) is 13.1 Å². The fourth-order valence-electron chi connectivity index (χ4n) is 2.53. The van der Waals surface area contributed by atoms with Crippen molar-refractivity contribution in [3.05, 3.63) is 34.6 Å². The zero-order chi connectivity index (χ0) is 14.3. The standard InChI is InChI=1S/C12H13F5N2/c1-19-4-5(3-18)2-6(19)7-8(13)10(15)12(17)11(16)9(7)14/h5-6H,2-4,18H2,1H3. The summed E-state index contributed by atoms with van der Waals surface area (Å²) in [4.78, 5) is 1.55. The van der Waals surface area contributed by atoms with Crippen LogP contribution in [-0.4, -0.2) is 25.0 Å². The van der Waals surface area contributed by atoms with Crippen LogP contribution in [0.1, 0.15) is 18.0 Å². The molecule has 1 aliphatic heterocycles. The summed E-state index contributed by atoms with van der Waals surface area (Å²) in [6.07, 6.45) is 0.269. The average Bonchev–Trinajstić information content (AvgIpc) is 2.76. The summed E-state index contributed by atoms with van der Waals surface area (Å²) in [5, 5.41) is 0. The second-order valence-corrected chi connectivity index (χ2v) is 4.78. The molecular weight excluding hydrogens is 267 g/mol. The van der Waals surface area contributed by atoms with Gasteiger partial charge in [0.25, 0.3) is 0 Å². The van der Waals surface area contributed by atoms with E-state index < -0.39 is 40.7 Å². The van der Waals surface area contributed by atoms with E-state index in [1.165, 1.54) is 0 Å². The molecule has 1 heterocycles. The van der Waals surface area contributed by atoms with Gasteiger partial charge >= 0.3 is 0 Å². The fraction of sp³-hybridized carbons (Fsp3) is 0.500. The van der Waals surface area contributed by atoms with Gasteiger partial charge in [0, 0.05) is 18.2 Å². The summed E-state index contributed by atoms with van der Waals surface area (Å²) in [6.45, 7) is 0.761. The molecular formula is C12H13F5N2. The average molecular weight is 280 g/mol. The van der Waals surface area contributed by atoms with Crippen LogP contribution in [-0.2, 0) is 0 Å². The minimum atomic E-state index is -2.13. The zero-order valence-corrected chi connectivity index (χ0v) is 10.2. The van der Waals surface area contributed by atoms with Crippen LogP contribution >= 0.6 is 0 Å². The number of likely N-dealkylation sites (tertiary alicyclic amines) is 1. The van der Waals surface area contributed by atoms with Gasteiger partial charge in [0.15, 0.2) is 23.3 Å². The molecule has 0 saturated carbocycles. The van der Waals surface area contributed by atoms with Crippen LogP contribution in [0.25, 0.3) is 0 Å². The molecule has 0 bridgehead atoms. The maximum atomic E-state index is 13.7. The van der Waals surface area contributed by atoms with Crippen molar-refractivity contribution < 1.29 is 22.0 Å². The minimum Gasteiger partial charge on any atom is -0.330 e. The second-order valence-electron chi connectivity index (χ2n) is 4.78. The van der Waals surface area contributed by atoms with E-state index in [9.17, 15) is 22.0 Å². The molecule has 2 unspecified atom stereocenters. The van der Waals surface area contributed by atoms with E-state index in [4.69, 9.17) is 5.73 Å². The highest BCUT2D eigenvalue weighted by atomic mass is 19.2. The number of hydrogen-bond donors (Lipinski definition) is 1. The molecule has 1 aliphatic rings. The lowest BCUT2D eigenvalue weighted by Crippen LogP contribution is -2.22. The highest BCUT2D eigenvalue weighted by molar-refractivity contribution is 5.28. The van der Waals surface area contributed by atoms with Crippen molar-refractivity contribution in [2.45, 2.75) is 12.5 Å². The van der Waals surface area contributed by atoms with E-state index in [1.807, 2.05) is 0 Å². The maximum absolute atomic E-state index is 13.7. The predicted octanol–water partition coefficient (Wildman–Crippen LogP) is 2.33. The second kappa shape index (κ2) is 5.05. The highest BCUT2D eigenvalue weighted by Gasteiger charge is 2.37. The van der Waals surface area contributed by atoms with Crippen molar-refractivity contribution in [3.8, 4) is 0 Å². The number of hydrogen-bond acceptors (Lipinski definition) is 2. The Morgan fingerprint density at radius 3 is 1.89 bits per heavy atom. The molecule has 2 atom stereocenters. The predicted molar refractivity (Wildman–Crippen MR) is 58.8 cm³/mol. The van der Waals surface area contributed by atoms with Crippen LogP contribution in [0.3, 0.4) is 0 Å². The van der Waals surface area contributed by atoms with Gasteiger partial charge in [-0.2, -0.15) is 0 Å². The smallest absolute Gasteiger partial charge is 0.200 e. The largest absolute Gasteiger partial charge is 0.330 e. The minimum absolute atomic E-state index is 0.0232. The van der Waals surface area contributed by atoms with Gasteiger partial charge in [-0.1, -0.05) is 0 Å². The third-order valence-corrected chi connectivity index (χ3v) is 3.55. The molecule has 0 aromatic heterocycles. The molecule has 1 aromatic carbocycles. The van der Waals surface area contributed by atoms with Crippen molar-refractivity contribution in [2.24, 2.45) is 11.7 Å². The van der Waals surface area contributed by atoms with Crippen LogP contribution in [0, 0.1) is 35.0 Å². The molecule has 2 N–H and O–H groups in total. The van der Waals surface area contributed by atoms with Crippen LogP contribution in [0.2, 0.25) is 0 Å². The normalized spacial score (nSPS) is 24.2. The van der Waals surface area contributed by atoms with Crippen molar-refractivity contribution >= 4 is 0 Å². The van der Waals surface area contributed by atoms with Crippen molar-refractivity contribution in [1.82, 2.24) is 4.90 Å². The summed E-state index contributed by atoms with van der Waals surface area (Å²) < 4.78 is 66.6. The SMILES string of the molecule is CN1CC(CN)CC1c1c(F)c(F)c(F)c(F)c1F. The maximum Gasteiger partial charge on any atom is 0.200 e. The molecule has 7 heteroatoms. The Hall–Kier alpha value is -1.21. The van der Waals surface area contributed by atoms with Gasteiger partial charge in [0.2, 0.25) is 5.82 Å². The van der Waals surface area contributed by atoms with Crippen LogP contribution < -0.4 is 5.73 Å². The molecule has 1 fully saturated rings. The Balaban J connectivity index is 2.52. The Labute approximate surface area is 107 Å². The Kier molecular flexibility index (Phi) is 3.78. The topological polar surface area (TPSA) is 29.3 Å². The van der Waals surface area contributed by atoms with E-state index >= 15 is 0 Å². The molecule has 1 saturated heterocycles. The van der Waals surface area contributed by atoms with Gasteiger partial charge < -0.3 is 5.73 Å². The summed E-state index contributed by atoms with van der Waals surface area (Å²) in [6, 6.07) is -0.849. The Morgan fingerprint density at radius 1 is 1.00 bits per heavy atom. The first kappa shape index (κ1) is 14.2. The van der Waals surface area contributed by atoms with E-state index in [2.05, 4.69) is 0 Å². The van der Waals surface area contributed by atoms with Gasteiger partial charge in [-0.25, -0.2) is 22.0 Å². The van der Waals surface area contributed by atoms with Gasteiger partial charge in [-0.05, 0) is 25.9 Å². The van der Waals surface area contributed by atoms with E-state index in [1.54, 1.807) is 11.9 Å². The third kappa shape index (κ3) is 2.21. The Morgan fingerprint density at radius 2 is 1.47 bits per heavy atom. The van der Waals surface area contributed by atoms with Crippen LogP contribution in [0.15, 0.2) is 0 Å². The first-order chi connectivity index (χ1) is 8.88. The van der Waals surface area contributed by atoms with Crippen molar-refractivity contribution in [1.29, 1.82) is 0 Å². The molecule has 0 aliphatic carbocycles. The molecule has 106 valence electrons. The lowest BCUT2D eigenvalue weighted by molar-refractivity contribution is 0.283. The van der Waals surface area contributed by atoms with Gasteiger partial charge in [-0.3, -0.25) is 4.90 Å². The van der Waals surface area contributed by atoms with E-state index in [-0.39, 0.29) is 12.3 Å². The quantitative estimate of drug-likeness (QED) is 0.512. The summed E-state index contributed by atoms with van der Waals surface area (Å²) >= 11 is 0. The molecule has 0 spiro atoms. The van der Waals surface area contributed by atoms with Gasteiger partial charge in [0.1, 0.15) is 0 Å². The molecule has 0 amide bonds. The summed E-state index contributed by atoms with van der Waals surface area (Å²) in [5.41, 5.74) is 4.71. The van der Waals surface area contributed by atoms with Crippen LogP contribution in [0.4, 0.5) is 22.0 Å². The lowest BCUT2D eigenvalue weighted by atomic mass is 9.98. The first-order valence-corrected chi connectivity index (χ1v) is 5.80. The number of benzene rings is 1.